The highest BCUT2D eigenvalue weighted by Gasteiger charge is 2.36. The van der Waals surface area contributed by atoms with Gasteiger partial charge in [0.1, 0.15) is 0 Å². The number of hydrogen-bond donors (Lipinski definition) is 4. The molecule has 54 heavy (non-hydrogen) atoms. The lowest BCUT2D eigenvalue weighted by Gasteiger charge is -2.43. The summed E-state index contributed by atoms with van der Waals surface area (Å²) in [6.45, 7) is 44.7. The van der Waals surface area contributed by atoms with Gasteiger partial charge in [-0.25, -0.2) is 0 Å². The molecule has 2 rings (SSSR count). The number of likely N-dealkylation sites (tertiary alicyclic amines) is 1. The van der Waals surface area contributed by atoms with Crippen LogP contribution in [0.2, 0.25) is 0 Å². The zero-order chi connectivity index (χ0) is 42.4. The number of benzene rings is 1. The fraction of sp³-hybridized carbons (Fsp3) is 0.667. The van der Waals surface area contributed by atoms with Crippen LogP contribution in [0.15, 0.2) is 92.3 Å². The summed E-state index contributed by atoms with van der Waals surface area (Å²) >= 11 is 0. The van der Waals surface area contributed by atoms with Gasteiger partial charge in [-0.05, 0) is 90.8 Å². The molecule has 1 aliphatic heterocycles. The summed E-state index contributed by atoms with van der Waals surface area (Å²) < 4.78 is 0. The molecular weight excluding hydrogens is 661 g/mol. The van der Waals surface area contributed by atoms with E-state index in [1.54, 1.807) is 0 Å². The second-order valence-corrected chi connectivity index (χ2v) is 15.7. The fourth-order valence-corrected chi connectivity index (χ4v) is 7.42. The van der Waals surface area contributed by atoms with Crippen LogP contribution in [0.25, 0.3) is 0 Å². The predicted octanol–water partition coefficient (Wildman–Crippen LogP) is 10.6. The van der Waals surface area contributed by atoms with Gasteiger partial charge in [0.25, 0.3) is 0 Å². The SMILES string of the molecule is C=C(C)CNC.C=CC(C)C(CC)C1CCCN1C(=C)CC(CC)C(C(C)CC)N(C)C(=C)CC(C)N.C=CC(NC)C(C)C.CN.Cc1ccccc1. The monoisotopic (exact) mass is 753 g/mol. The number of aryl methyl sites for hydroxylation is 1. The lowest BCUT2D eigenvalue weighted by atomic mass is 9.81. The Balaban J connectivity index is -0.000000904. The van der Waals surface area contributed by atoms with E-state index in [0.29, 0.717) is 47.7 Å². The Morgan fingerprint density at radius 1 is 0.926 bits per heavy atom. The molecule has 0 saturated carbocycles. The van der Waals surface area contributed by atoms with Gasteiger partial charge in [0.05, 0.1) is 0 Å². The summed E-state index contributed by atoms with van der Waals surface area (Å²) in [6.07, 6.45) is 12.1. The lowest BCUT2D eigenvalue weighted by Crippen LogP contribution is -2.44. The minimum absolute atomic E-state index is 0.144. The normalized spacial score (nSPS) is 17.1. The third-order valence-corrected chi connectivity index (χ3v) is 10.7. The van der Waals surface area contributed by atoms with Gasteiger partial charge in [-0.3, -0.25) is 0 Å². The molecule has 314 valence electrons. The Hall–Kier alpha value is -2.64. The fourth-order valence-electron chi connectivity index (χ4n) is 7.42. The summed E-state index contributed by atoms with van der Waals surface area (Å²) in [5, 5.41) is 6.10. The van der Waals surface area contributed by atoms with Crippen LogP contribution in [0.5, 0.6) is 0 Å². The first-order valence-electron chi connectivity index (χ1n) is 20.9. The molecule has 1 saturated heterocycles. The second-order valence-electron chi connectivity index (χ2n) is 15.7. The zero-order valence-corrected chi connectivity index (χ0v) is 38.2. The number of allylic oxidation sites excluding steroid dienone is 2. The first-order chi connectivity index (χ1) is 25.5. The standard InChI is InChI=1S/C28H53N3.C7H15N.C7H8.C5H11N.CH5N/c1-11-20(5)26(14-4)27-16-15-17-31(27)24(9)19-25(13-3)28(21(6)12-2)30(10)23(8)18-22(7)29;1-5-7(8-4)6(2)3;1-7-5-3-2-4-6-7;1-5(2)4-6-3;1-2/h11,20-22,25-28H,1,8-9,12-19,29H2,2-7,10H3;5-8H,1H2,2-4H3;2-6H,1H3;6H,1,4H2,2-3H3;2H2,1H3. The zero-order valence-electron chi connectivity index (χ0n) is 38.2. The Morgan fingerprint density at radius 3 is 1.81 bits per heavy atom. The Morgan fingerprint density at radius 2 is 1.50 bits per heavy atom. The van der Waals surface area contributed by atoms with Crippen molar-refractivity contribution < 1.29 is 0 Å². The van der Waals surface area contributed by atoms with Gasteiger partial charge in [-0.2, -0.15) is 0 Å². The van der Waals surface area contributed by atoms with Gasteiger partial charge in [0.2, 0.25) is 0 Å². The van der Waals surface area contributed by atoms with E-state index in [4.69, 9.17) is 5.73 Å². The largest absolute Gasteiger partial charge is 0.375 e. The van der Waals surface area contributed by atoms with E-state index in [9.17, 15) is 0 Å². The molecule has 0 aliphatic carbocycles. The van der Waals surface area contributed by atoms with Gasteiger partial charge in [-0.1, -0.05) is 141 Å². The minimum Gasteiger partial charge on any atom is -0.375 e. The average molecular weight is 753 g/mol. The van der Waals surface area contributed by atoms with Gasteiger partial charge in [0.15, 0.2) is 0 Å². The molecule has 0 spiro atoms. The minimum atomic E-state index is 0.144. The van der Waals surface area contributed by atoms with Crippen LogP contribution in [0.3, 0.4) is 0 Å². The third kappa shape index (κ3) is 23.3. The van der Waals surface area contributed by atoms with E-state index in [1.807, 2.05) is 45.3 Å². The van der Waals surface area contributed by atoms with Crippen LogP contribution in [0.4, 0.5) is 0 Å². The summed E-state index contributed by atoms with van der Waals surface area (Å²) in [5.41, 5.74) is 15.6. The topological polar surface area (TPSA) is 82.6 Å². The number of hydrogen-bond acceptors (Lipinski definition) is 6. The van der Waals surface area contributed by atoms with Gasteiger partial charge in [0, 0.05) is 62.1 Å². The van der Waals surface area contributed by atoms with E-state index >= 15 is 0 Å². The quantitative estimate of drug-likeness (QED) is 0.0993. The third-order valence-electron chi connectivity index (χ3n) is 10.7. The molecule has 6 nitrogen and oxygen atoms in total. The highest BCUT2D eigenvalue weighted by Crippen LogP contribution is 2.37. The lowest BCUT2D eigenvalue weighted by molar-refractivity contribution is 0.129. The van der Waals surface area contributed by atoms with Crippen molar-refractivity contribution in [1.82, 2.24) is 20.4 Å². The molecule has 6 heteroatoms. The predicted molar refractivity (Wildman–Crippen MR) is 247 cm³/mol. The highest BCUT2D eigenvalue weighted by molar-refractivity contribution is 5.12. The maximum absolute atomic E-state index is 6.09. The molecule has 0 amide bonds. The summed E-state index contributed by atoms with van der Waals surface area (Å²) in [6, 6.07) is 11.9. The van der Waals surface area contributed by atoms with Crippen molar-refractivity contribution in [2.45, 2.75) is 138 Å². The molecule has 1 heterocycles. The van der Waals surface area contributed by atoms with Crippen LogP contribution in [0.1, 0.15) is 113 Å². The van der Waals surface area contributed by atoms with Gasteiger partial charge >= 0.3 is 0 Å². The van der Waals surface area contributed by atoms with Crippen molar-refractivity contribution in [2.75, 3.05) is 41.3 Å². The molecule has 1 aromatic rings. The van der Waals surface area contributed by atoms with E-state index in [1.165, 1.54) is 49.6 Å². The van der Waals surface area contributed by atoms with Crippen LogP contribution in [-0.4, -0.2) is 75.2 Å². The summed E-state index contributed by atoms with van der Waals surface area (Å²) in [5.74, 6) is 3.03. The molecule has 0 aromatic heterocycles. The Kier molecular flexibility index (Phi) is 34.7. The summed E-state index contributed by atoms with van der Waals surface area (Å²) in [7, 11) is 7.59. The van der Waals surface area contributed by atoms with Crippen LogP contribution in [0, 0.1) is 36.5 Å². The number of likely N-dealkylation sites (N-methyl/N-ethyl adjacent to an activating group) is 2. The second kappa shape index (κ2) is 33.7. The smallest absolute Gasteiger partial charge is 0.0340 e. The van der Waals surface area contributed by atoms with Gasteiger partial charge in [-0.15, -0.1) is 13.2 Å². The van der Waals surface area contributed by atoms with E-state index < -0.39 is 0 Å². The highest BCUT2D eigenvalue weighted by atomic mass is 15.2. The van der Waals surface area contributed by atoms with Crippen molar-refractivity contribution in [3.63, 3.8) is 0 Å². The number of nitrogens with zero attached hydrogens (tertiary/aromatic N) is 2. The van der Waals surface area contributed by atoms with E-state index in [2.05, 4.69) is 147 Å². The molecule has 1 aromatic carbocycles. The maximum atomic E-state index is 6.09. The van der Waals surface area contributed by atoms with Crippen molar-refractivity contribution in [3.05, 3.63) is 97.9 Å². The molecule has 1 aliphatic rings. The number of nitrogens with one attached hydrogen (secondary N) is 2. The first-order valence-corrected chi connectivity index (χ1v) is 20.9. The molecule has 6 N–H and O–H groups in total. The molecule has 1 fully saturated rings. The van der Waals surface area contributed by atoms with E-state index in [-0.39, 0.29) is 6.04 Å². The summed E-state index contributed by atoms with van der Waals surface area (Å²) in [4.78, 5) is 5.09. The Bertz CT molecular complexity index is 1100. The van der Waals surface area contributed by atoms with Crippen LogP contribution < -0.4 is 22.1 Å². The molecule has 0 radical (unpaired) electrons. The van der Waals surface area contributed by atoms with E-state index in [0.717, 1.165) is 38.0 Å². The first kappa shape index (κ1) is 55.7. The van der Waals surface area contributed by atoms with Crippen molar-refractivity contribution >= 4 is 0 Å². The van der Waals surface area contributed by atoms with Crippen molar-refractivity contribution in [1.29, 1.82) is 0 Å². The number of nitrogens with two attached hydrogens (primary N) is 2. The van der Waals surface area contributed by atoms with Crippen molar-refractivity contribution in [3.8, 4) is 0 Å². The maximum Gasteiger partial charge on any atom is 0.0340 e. The molecule has 8 unspecified atom stereocenters. The Labute approximate surface area is 338 Å². The molecule has 8 atom stereocenters. The van der Waals surface area contributed by atoms with Crippen molar-refractivity contribution in [2.24, 2.45) is 41.1 Å². The molecule has 0 bridgehead atoms. The number of rotatable bonds is 20. The van der Waals surface area contributed by atoms with Crippen LogP contribution in [-0.2, 0) is 0 Å². The average Bonchev–Trinajstić information content (AvgIpc) is 3.63. The van der Waals surface area contributed by atoms with Crippen LogP contribution >= 0.6 is 0 Å². The molecular formula is C48H92N6. The van der Waals surface area contributed by atoms with Gasteiger partial charge < -0.3 is 31.9 Å².